The first kappa shape index (κ1) is 38.7. The monoisotopic (exact) mass is 659 g/mol. The second-order valence-electron chi connectivity index (χ2n) is 17.5. The number of fused-ring (bicyclic) bond motifs is 5. The zero-order valence-electron chi connectivity index (χ0n) is 31.1. The van der Waals surface area contributed by atoms with E-state index in [0.29, 0.717) is 48.3 Å². The van der Waals surface area contributed by atoms with E-state index in [1.165, 1.54) is 103 Å². The van der Waals surface area contributed by atoms with Gasteiger partial charge in [-0.2, -0.15) is 0 Å². The second kappa shape index (κ2) is 18.8. The van der Waals surface area contributed by atoms with Crippen LogP contribution in [0.4, 0.5) is 0 Å². The summed E-state index contributed by atoms with van der Waals surface area (Å²) in [4.78, 5) is 24.1. The van der Waals surface area contributed by atoms with Gasteiger partial charge in [0.1, 0.15) is 6.10 Å². The summed E-state index contributed by atoms with van der Waals surface area (Å²) in [6, 6.07) is 0. The maximum atomic E-state index is 12.8. The molecule has 4 aliphatic rings. The summed E-state index contributed by atoms with van der Waals surface area (Å²) in [5.41, 5.74) is 0.122. The minimum atomic E-state index is -0.710. The first-order valence-electron chi connectivity index (χ1n) is 20.7. The van der Waals surface area contributed by atoms with Gasteiger partial charge in [0.15, 0.2) is 0 Å². The van der Waals surface area contributed by atoms with Crippen molar-refractivity contribution in [3.05, 3.63) is 0 Å². The van der Waals surface area contributed by atoms with E-state index in [4.69, 9.17) is 4.74 Å². The van der Waals surface area contributed by atoms with Crippen LogP contribution in [-0.4, -0.2) is 34.4 Å². The molecule has 0 amide bonds. The number of aliphatic carboxylic acids is 1. The molecule has 0 radical (unpaired) electrons. The summed E-state index contributed by atoms with van der Waals surface area (Å²) >= 11 is 0. The fourth-order valence-corrected chi connectivity index (χ4v) is 11.7. The van der Waals surface area contributed by atoms with Crippen molar-refractivity contribution in [3.8, 4) is 0 Å². The topological polar surface area (TPSA) is 83.8 Å². The fraction of sp³-hybridized carbons (Fsp3) is 0.952. The molecule has 5 nitrogen and oxygen atoms in total. The number of hydrogen-bond acceptors (Lipinski definition) is 4. The van der Waals surface area contributed by atoms with Crippen molar-refractivity contribution in [2.75, 3.05) is 0 Å². The predicted octanol–water partition coefficient (Wildman–Crippen LogP) is 11.3. The van der Waals surface area contributed by atoms with Gasteiger partial charge in [-0.1, -0.05) is 118 Å². The van der Waals surface area contributed by atoms with Gasteiger partial charge in [-0.05, 0) is 111 Å². The zero-order valence-corrected chi connectivity index (χ0v) is 31.1. The summed E-state index contributed by atoms with van der Waals surface area (Å²) < 4.78 is 6.10. The molecule has 0 bridgehead atoms. The number of carboxylic acids is 1. The van der Waals surface area contributed by atoms with Crippen molar-refractivity contribution in [1.29, 1.82) is 0 Å². The molecule has 0 aromatic rings. The smallest absolute Gasteiger partial charge is 0.306 e. The lowest BCUT2D eigenvalue weighted by atomic mass is 9.43. The lowest BCUT2D eigenvalue weighted by molar-refractivity contribution is -0.181. The van der Waals surface area contributed by atoms with Crippen LogP contribution in [0.1, 0.15) is 195 Å². The van der Waals surface area contributed by atoms with Gasteiger partial charge in [-0.3, -0.25) is 9.59 Å². The fourth-order valence-electron chi connectivity index (χ4n) is 11.7. The van der Waals surface area contributed by atoms with E-state index in [2.05, 4.69) is 27.7 Å². The van der Waals surface area contributed by atoms with E-state index in [9.17, 15) is 19.8 Å². The first-order valence-corrected chi connectivity index (χ1v) is 20.7. The molecule has 0 aliphatic heterocycles. The summed E-state index contributed by atoms with van der Waals surface area (Å²) in [6.07, 6.45) is 30.0. The van der Waals surface area contributed by atoms with E-state index >= 15 is 0 Å². The third-order valence-corrected chi connectivity index (χ3v) is 14.6. The molecule has 4 rings (SSSR count). The number of aliphatic hydroxyl groups excluding tert-OH is 1. The van der Waals surface area contributed by atoms with Gasteiger partial charge in [0.25, 0.3) is 0 Å². The molecule has 10 atom stereocenters. The maximum absolute atomic E-state index is 12.8. The lowest BCUT2D eigenvalue weighted by Crippen LogP contribution is -2.59. The Labute approximate surface area is 289 Å². The van der Waals surface area contributed by atoms with Gasteiger partial charge in [0.2, 0.25) is 0 Å². The van der Waals surface area contributed by atoms with Crippen LogP contribution >= 0.6 is 0 Å². The van der Waals surface area contributed by atoms with Gasteiger partial charge < -0.3 is 14.9 Å². The third kappa shape index (κ3) is 10.0. The number of rotatable bonds is 21. The minimum absolute atomic E-state index is 0.0138. The number of hydrogen-bond donors (Lipinski definition) is 2. The van der Waals surface area contributed by atoms with Gasteiger partial charge in [-0.15, -0.1) is 0 Å². The minimum Gasteiger partial charge on any atom is -0.481 e. The van der Waals surface area contributed by atoms with Crippen LogP contribution in [-0.2, 0) is 14.3 Å². The lowest BCUT2D eigenvalue weighted by Gasteiger charge is -2.62. The highest BCUT2D eigenvalue weighted by Crippen LogP contribution is 2.68. The Kier molecular flexibility index (Phi) is 15.5. The summed E-state index contributed by atoms with van der Waals surface area (Å²) in [7, 11) is 0. The number of unbranched alkanes of at least 4 members (excludes halogenated alkanes) is 14. The number of aliphatic hydroxyl groups is 1. The summed E-state index contributed by atoms with van der Waals surface area (Å²) in [6.45, 7) is 9.35. The zero-order chi connectivity index (χ0) is 33.9. The van der Waals surface area contributed by atoms with E-state index < -0.39 is 5.97 Å². The van der Waals surface area contributed by atoms with Gasteiger partial charge in [0, 0.05) is 12.8 Å². The van der Waals surface area contributed by atoms with Crippen molar-refractivity contribution in [3.63, 3.8) is 0 Å². The molecule has 2 N–H and O–H groups in total. The Morgan fingerprint density at radius 2 is 1.34 bits per heavy atom. The van der Waals surface area contributed by atoms with E-state index in [1.54, 1.807) is 0 Å². The van der Waals surface area contributed by atoms with Crippen molar-refractivity contribution < 1.29 is 24.5 Å². The molecule has 4 aliphatic carbocycles. The van der Waals surface area contributed by atoms with Gasteiger partial charge in [0.05, 0.1) is 6.10 Å². The van der Waals surface area contributed by atoms with Crippen LogP contribution in [0, 0.1) is 46.3 Å². The van der Waals surface area contributed by atoms with Crippen LogP contribution in [0.3, 0.4) is 0 Å². The van der Waals surface area contributed by atoms with Crippen LogP contribution in [0.5, 0.6) is 0 Å². The van der Waals surface area contributed by atoms with Crippen LogP contribution in [0.15, 0.2) is 0 Å². The Morgan fingerprint density at radius 3 is 1.94 bits per heavy atom. The van der Waals surface area contributed by atoms with Crippen molar-refractivity contribution in [2.45, 2.75) is 207 Å². The highest BCUT2D eigenvalue weighted by atomic mass is 16.5. The molecule has 0 aromatic heterocycles. The molecular weight excluding hydrogens is 584 g/mol. The van der Waals surface area contributed by atoms with Crippen molar-refractivity contribution in [2.24, 2.45) is 46.3 Å². The largest absolute Gasteiger partial charge is 0.481 e. The number of esters is 1. The molecule has 10 unspecified atom stereocenters. The normalized spacial score (nSPS) is 35.5. The maximum Gasteiger partial charge on any atom is 0.306 e. The van der Waals surface area contributed by atoms with Gasteiger partial charge in [-0.25, -0.2) is 0 Å². The number of carbonyl (C=O) groups is 2. The standard InChI is InChI=1S/C42H74O5/c1-5-6-7-8-9-10-11-12-13-14-15-16-17-18-19-20-40(46)47-33-27-28-41(3)32(29-33)22-23-34-36-25-24-35(31(2)21-26-39(44)45)42(36,4)38(43)30-37(34)41/h31-38,43H,5-30H2,1-4H3,(H,44,45). The number of carboxylic acid groups (broad SMARTS) is 1. The molecule has 0 aromatic carbocycles. The molecule has 4 saturated carbocycles. The van der Waals surface area contributed by atoms with E-state index in [1.807, 2.05) is 0 Å². The Bertz CT molecular complexity index is 949. The predicted molar refractivity (Wildman–Crippen MR) is 192 cm³/mol. The van der Waals surface area contributed by atoms with Crippen molar-refractivity contribution in [1.82, 2.24) is 0 Å². The molecule has 272 valence electrons. The number of ether oxygens (including phenoxy) is 1. The second-order valence-corrected chi connectivity index (χ2v) is 17.5. The highest BCUT2D eigenvalue weighted by Gasteiger charge is 2.63. The molecular formula is C42H74O5. The van der Waals surface area contributed by atoms with Crippen LogP contribution in [0.2, 0.25) is 0 Å². The highest BCUT2D eigenvalue weighted by molar-refractivity contribution is 5.69. The van der Waals surface area contributed by atoms with Crippen LogP contribution < -0.4 is 0 Å². The van der Waals surface area contributed by atoms with Crippen molar-refractivity contribution >= 4 is 11.9 Å². The quantitative estimate of drug-likeness (QED) is 0.0947. The molecule has 0 saturated heterocycles. The molecule has 0 heterocycles. The Morgan fingerprint density at radius 1 is 0.745 bits per heavy atom. The average Bonchev–Trinajstić information content (AvgIpc) is 3.41. The summed E-state index contributed by atoms with van der Waals surface area (Å²) in [5.74, 6) is 2.36. The van der Waals surface area contributed by atoms with E-state index in [-0.39, 0.29) is 35.4 Å². The number of carbonyl (C=O) groups excluding carboxylic acids is 1. The van der Waals surface area contributed by atoms with Crippen LogP contribution in [0.25, 0.3) is 0 Å². The molecule has 4 fully saturated rings. The van der Waals surface area contributed by atoms with Gasteiger partial charge >= 0.3 is 11.9 Å². The molecule has 47 heavy (non-hydrogen) atoms. The first-order chi connectivity index (χ1) is 22.6. The SMILES string of the molecule is CCCCCCCCCCCCCCCCCC(=O)OC1CCC2(C)C(CCC3C2CC(O)C2(C)C(C(C)CCC(=O)O)CCC32)C1. The molecule has 0 spiro atoms. The summed E-state index contributed by atoms with van der Waals surface area (Å²) in [5, 5.41) is 21.1. The third-order valence-electron chi connectivity index (χ3n) is 14.6. The Balaban J connectivity index is 1.11. The average molecular weight is 659 g/mol. The molecule has 5 heteroatoms. The Hall–Kier alpha value is -1.10. The van der Waals surface area contributed by atoms with E-state index in [0.717, 1.165) is 44.9 Å².